The molecule has 2 aromatic rings. The van der Waals surface area contributed by atoms with Gasteiger partial charge in [0.25, 0.3) is 0 Å². The number of pyridine rings is 1. The standard InChI is InChI=1S/C20H29N5O3/c1-5-23(14(2)12-21-18(27)15-10-20(3,4)11-15)17(26)13-25-19(28)24-9-7-6-8-16(24)22-25/h6-9,14-15H,5,10-13H2,1-4H3,(H,21,27)/t14-/m1/s1. The molecule has 8 nitrogen and oxygen atoms in total. The van der Waals surface area contributed by atoms with Crippen LogP contribution in [0.1, 0.15) is 40.5 Å². The van der Waals surface area contributed by atoms with Crippen LogP contribution < -0.4 is 11.0 Å². The van der Waals surface area contributed by atoms with Gasteiger partial charge in [0.15, 0.2) is 5.65 Å². The van der Waals surface area contributed by atoms with Crippen LogP contribution in [-0.4, -0.2) is 50.0 Å². The molecule has 2 aromatic heterocycles. The molecule has 1 aliphatic rings. The average Bonchev–Trinajstić information content (AvgIpc) is 2.94. The summed E-state index contributed by atoms with van der Waals surface area (Å²) in [5, 5.41) is 7.18. The molecule has 8 heteroatoms. The van der Waals surface area contributed by atoms with Crippen LogP contribution >= 0.6 is 0 Å². The highest BCUT2D eigenvalue weighted by Gasteiger charge is 2.40. The van der Waals surface area contributed by atoms with E-state index in [0.717, 1.165) is 12.8 Å². The van der Waals surface area contributed by atoms with Gasteiger partial charge in [-0.25, -0.2) is 9.48 Å². The van der Waals surface area contributed by atoms with Crippen LogP contribution in [0.2, 0.25) is 0 Å². The molecule has 2 heterocycles. The van der Waals surface area contributed by atoms with E-state index >= 15 is 0 Å². The highest BCUT2D eigenvalue weighted by Crippen LogP contribution is 2.44. The summed E-state index contributed by atoms with van der Waals surface area (Å²) in [6, 6.07) is 5.09. The molecule has 0 aromatic carbocycles. The largest absolute Gasteiger partial charge is 0.354 e. The van der Waals surface area contributed by atoms with Crippen LogP contribution in [0.25, 0.3) is 5.65 Å². The third-order valence-corrected chi connectivity index (χ3v) is 5.51. The monoisotopic (exact) mass is 387 g/mol. The quantitative estimate of drug-likeness (QED) is 0.775. The number of amides is 2. The van der Waals surface area contributed by atoms with Gasteiger partial charge in [-0.05, 0) is 44.2 Å². The second-order valence-electron chi connectivity index (χ2n) is 8.41. The normalized spacial score (nSPS) is 17.1. The van der Waals surface area contributed by atoms with E-state index in [0.29, 0.717) is 18.7 Å². The number of likely N-dealkylation sites (N-methyl/N-ethyl adjacent to an activating group) is 1. The van der Waals surface area contributed by atoms with Gasteiger partial charge in [-0.15, -0.1) is 5.10 Å². The molecular formula is C20H29N5O3. The minimum absolute atomic E-state index is 0.0613. The highest BCUT2D eigenvalue weighted by molar-refractivity contribution is 5.80. The van der Waals surface area contributed by atoms with Crippen molar-refractivity contribution >= 4 is 17.5 Å². The first-order valence-electron chi connectivity index (χ1n) is 9.83. The van der Waals surface area contributed by atoms with Gasteiger partial charge >= 0.3 is 5.69 Å². The SMILES string of the molecule is CCN(C(=O)Cn1nc2ccccn2c1=O)[C@H](C)CNC(=O)C1CC(C)(C)C1. The van der Waals surface area contributed by atoms with Crippen molar-refractivity contribution in [3.8, 4) is 0 Å². The zero-order chi connectivity index (χ0) is 20.5. The van der Waals surface area contributed by atoms with Crippen LogP contribution in [0.5, 0.6) is 0 Å². The molecule has 0 spiro atoms. The molecule has 0 unspecified atom stereocenters. The molecule has 2 amide bonds. The van der Waals surface area contributed by atoms with E-state index in [9.17, 15) is 14.4 Å². The van der Waals surface area contributed by atoms with Crippen molar-refractivity contribution in [1.82, 2.24) is 24.4 Å². The summed E-state index contributed by atoms with van der Waals surface area (Å²) >= 11 is 0. The lowest BCUT2D eigenvalue weighted by Gasteiger charge is -2.41. The maximum Gasteiger partial charge on any atom is 0.350 e. The van der Waals surface area contributed by atoms with Gasteiger partial charge < -0.3 is 10.2 Å². The summed E-state index contributed by atoms with van der Waals surface area (Å²) in [6.07, 6.45) is 3.43. The van der Waals surface area contributed by atoms with Gasteiger partial charge in [0.05, 0.1) is 0 Å². The molecule has 0 radical (unpaired) electrons. The molecule has 28 heavy (non-hydrogen) atoms. The number of rotatable bonds is 7. The lowest BCUT2D eigenvalue weighted by atomic mass is 9.64. The molecule has 1 fully saturated rings. The minimum Gasteiger partial charge on any atom is -0.354 e. The van der Waals surface area contributed by atoms with Crippen LogP contribution in [0.4, 0.5) is 0 Å². The fraction of sp³-hybridized carbons (Fsp3) is 0.600. The summed E-state index contributed by atoms with van der Waals surface area (Å²) < 4.78 is 2.59. The Bertz CT molecular complexity index is 921. The van der Waals surface area contributed by atoms with Crippen molar-refractivity contribution in [3.05, 3.63) is 34.9 Å². The predicted octanol–water partition coefficient (Wildman–Crippen LogP) is 1.29. The summed E-state index contributed by atoms with van der Waals surface area (Å²) in [4.78, 5) is 39.0. The number of carbonyl (C=O) groups is 2. The molecule has 1 atom stereocenters. The Morgan fingerprint density at radius 2 is 2.07 bits per heavy atom. The van der Waals surface area contributed by atoms with Crippen molar-refractivity contribution in [2.75, 3.05) is 13.1 Å². The Labute approximate surface area is 164 Å². The number of aromatic nitrogens is 3. The van der Waals surface area contributed by atoms with Gasteiger partial charge in [0.2, 0.25) is 11.8 Å². The molecule has 3 rings (SSSR count). The van der Waals surface area contributed by atoms with Gasteiger partial charge in [-0.2, -0.15) is 0 Å². The molecule has 0 bridgehead atoms. The van der Waals surface area contributed by atoms with E-state index in [4.69, 9.17) is 0 Å². The third-order valence-electron chi connectivity index (χ3n) is 5.51. The van der Waals surface area contributed by atoms with Gasteiger partial charge in [-0.1, -0.05) is 19.9 Å². The summed E-state index contributed by atoms with van der Waals surface area (Å²) in [7, 11) is 0. The van der Waals surface area contributed by atoms with Crippen molar-refractivity contribution in [2.24, 2.45) is 11.3 Å². The van der Waals surface area contributed by atoms with Crippen molar-refractivity contribution < 1.29 is 9.59 Å². The first kappa shape index (κ1) is 20.1. The van der Waals surface area contributed by atoms with Crippen LogP contribution in [0.15, 0.2) is 29.2 Å². The number of hydrogen-bond acceptors (Lipinski definition) is 4. The molecule has 1 N–H and O–H groups in total. The number of carbonyl (C=O) groups excluding carboxylic acids is 2. The van der Waals surface area contributed by atoms with Gasteiger partial charge in [0.1, 0.15) is 6.54 Å². The molecule has 0 saturated heterocycles. The first-order chi connectivity index (χ1) is 13.2. The Morgan fingerprint density at radius 1 is 1.36 bits per heavy atom. The minimum atomic E-state index is -0.339. The van der Waals surface area contributed by atoms with E-state index in [2.05, 4.69) is 24.3 Å². The molecule has 1 aliphatic carbocycles. The van der Waals surface area contributed by atoms with Crippen LogP contribution in [0.3, 0.4) is 0 Å². The van der Waals surface area contributed by atoms with Crippen molar-refractivity contribution in [3.63, 3.8) is 0 Å². The van der Waals surface area contributed by atoms with E-state index < -0.39 is 0 Å². The average molecular weight is 387 g/mol. The Hall–Kier alpha value is -2.64. The molecule has 152 valence electrons. The topological polar surface area (TPSA) is 88.7 Å². The Kier molecular flexibility index (Phi) is 5.58. The number of nitrogens with one attached hydrogen (secondary N) is 1. The molecule has 0 aliphatic heterocycles. The molecular weight excluding hydrogens is 358 g/mol. The van der Waals surface area contributed by atoms with Gasteiger partial charge in [0, 0.05) is 31.2 Å². The number of fused-ring (bicyclic) bond motifs is 1. The maximum atomic E-state index is 12.7. The zero-order valence-corrected chi connectivity index (χ0v) is 17.0. The zero-order valence-electron chi connectivity index (χ0n) is 17.0. The summed E-state index contributed by atoms with van der Waals surface area (Å²) in [5.41, 5.74) is 0.418. The van der Waals surface area contributed by atoms with E-state index in [1.165, 1.54) is 9.08 Å². The van der Waals surface area contributed by atoms with Crippen LogP contribution in [-0.2, 0) is 16.1 Å². The first-order valence-corrected chi connectivity index (χ1v) is 9.83. The lowest BCUT2D eigenvalue weighted by molar-refractivity contribution is -0.136. The second-order valence-corrected chi connectivity index (χ2v) is 8.41. The van der Waals surface area contributed by atoms with E-state index in [-0.39, 0.29) is 41.4 Å². The summed E-state index contributed by atoms with van der Waals surface area (Å²) in [5.74, 6) is -0.0599. The van der Waals surface area contributed by atoms with Crippen LogP contribution in [0, 0.1) is 11.3 Å². The summed E-state index contributed by atoms with van der Waals surface area (Å²) in [6.45, 7) is 8.89. The van der Waals surface area contributed by atoms with E-state index in [1.54, 1.807) is 29.3 Å². The lowest BCUT2D eigenvalue weighted by Crippen LogP contribution is -2.49. The second kappa shape index (κ2) is 7.77. The van der Waals surface area contributed by atoms with Gasteiger partial charge in [-0.3, -0.25) is 14.0 Å². The smallest absolute Gasteiger partial charge is 0.350 e. The fourth-order valence-corrected chi connectivity index (χ4v) is 3.99. The fourth-order valence-electron chi connectivity index (χ4n) is 3.99. The predicted molar refractivity (Wildman–Crippen MR) is 106 cm³/mol. The Balaban J connectivity index is 1.58. The third kappa shape index (κ3) is 4.10. The molecule has 1 saturated carbocycles. The number of nitrogens with zero attached hydrogens (tertiary/aromatic N) is 4. The highest BCUT2D eigenvalue weighted by atomic mass is 16.2. The number of hydrogen-bond donors (Lipinski definition) is 1. The van der Waals surface area contributed by atoms with Crippen molar-refractivity contribution in [2.45, 2.75) is 53.1 Å². The maximum absolute atomic E-state index is 12.7. The van der Waals surface area contributed by atoms with E-state index in [1.807, 2.05) is 13.8 Å². The Morgan fingerprint density at radius 3 is 2.68 bits per heavy atom. The van der Waals surface area contributed by atoms with Crippen molar-refractivity contribution in [1.29, 1.82) is 0 Å².